The summed E-state index contributed by atoms with van der Waals surface area (Å²) in [6, 6.07) is 7.94. The standard InChI is InChI=1S/C6H4NOSi/c1-2-4-6-5(3-1)7-8-9-6/h1-4H. The summed E-state index contributed by atoms with van der Waals surface area (Å²) in [5.41, 5.74) is 0. The van der Waals surface area contributed by atoms with Crippen LogP contribution in [-0.4, -0.2) is 9.38 Å². The normalized spacial score (nSPS) is 12.9. The molecule has 3 heteroatoms. The molecule has 1 aromatic carbocycles. The van der Waals surface area contributed by atoms with Crippen LogP contribution in [0, 0.1) is 4.81 Å². The molecule has 0 saturated carbocycles. The third-order valence-electron chi connectivity index (χ3n) is 1.20. The number of benzene rings is 1. The summed E-state index contributed by atoms with van der Waals surface area (Å²) >= 11 is 0. The summed E-state index contributed by atoms with van der Waals surface area (Å²) in [5.74, 6) is 0. The van der Waals surface area contributed by atoms with Crippen molar-refractivity contribution in [3.8, 4) is 0 Å². The maximum absolute atomic E-state index is 4.87. The minimum Gasteiger partial charge on any atom is -0.423 e. The number of fused-ring (bicyclic) bond motifs is 1. The van der Waals surface area contributed by atoms with E-state index in [0.717, 1.165) is 5.36 Å². The van der Waals surface area contributed by atoms with Crippen LogP contribution in [0.25, 0.3) is 0 Å². The van der Waals surface area contributed by atoms with E-state index in [9.17, 15) is 0 Å². The first-order valence-corrected chi connectivity index (χ1v) is 3.60. The van der Waals surface area contributed by atoms with Crippen LogP contribution >= 0.6 is 0 Å². The molecule has 9 heavy (non-hydrogen) atoms. The molecule has 2 nitrogen and oxygen atoms in total. The molecule has 1 radical (unpaired) electrons. The van der Waals surface area contributed by atoms with Gasteiger partial charge in [-0.3, -0.25) is 0 Å². The Morgan fingerprint density at radius 2 is 2.22 bits per heavy atom. The Kier molecular flexibility index (Phi) is 0.958. The fraction of sp³-hybridized carbons (Fsp3) is 0. The Bertz CT molecular complexity index is 300. The van der Waals surface area contributed by atoms with Gasteiger partial charge in [-0.05, 0) is 6.07 Å². The highest BCUT2D eigenvalue weighted by Gasteiger charge is 1.92. The molecule has 0 unspecified atom stereocenters. The van der Waals surface area contributed by atoms with E-state index in [2.05, 4.69) is 5.16 Å². The lowest BCUT2D eigenvalue weighted by molar-refractivity contribution is 0.364. The molecule has 1 heterocycles. The highest BCUT2D eigenvalue weighted by Crippen LogP contribution is 1.84. The summed E-state index contributed by atoms with van der Waals surface area (Å²) in [6.07, 6.45) is 0. The van der Waals surface area contributed by atoms with Crippen LogP contribution in [-0.2, 0) is 4.53 Å². The fourth-order valence-electron chi connectivity index (χ4n) is 0.761. The first-order chi connectivity index (χ1) is 4.47. The van der Waals surface area contributed by atoms with Gasteiger partial charge in [-0.25, -0.2) is 0 Å². The number of nitrogens with zero attached hydrogens (tertiary/aromatic N) is 1. The zero-order chi connectivity index (χ0) is 6.10. The van der Waals surface area contributed by atoms with Crippen LogP contribution < -0.4 is 5.36 Å². The predicted octanol–water partition coefficient (Wildman–Crippen LogP) is 0.121. The first-order valence-electron chi connectivity index (χ1n) is 2.69. The van der Waals surface area contributed by atoms with Crippen molar-refractivity contribution in [3.05, 3.63) is 34.4 Å². The molecule has 0 aromatic heterocycles. The van der Waals surface area contributed by atoms with Gasteiger partial charge in [0.05, 0.1) is 0 Å². The summed E-state index contributed by atoms with van der Waals surface area (Å²) < 4.78 is 4.87. The minimum absolute atomic E-state index is 0.413. The first kappa shape index (κ1) is 4.87. The summed E-state index contributed by atoms with van der Waals surface area (Å²) in [7, 11) is 0.413. The van der Waals surface area contributed by atoms with Gasteiger partial charge >= 0.3 is 9.38 Å². The van der Waals surface area contributed by atoms with E-state index >= 15 is 0 Å². The molecule has 0 saturated heterocycles. The fourth-order valence-corrected chi connectivity index (χ4v) is 1.40. The van der Waals surface area contributed by atoms with Crippen LogP contribution in [0.1, 0.15) is 0 Å². The van der Waals surface area contributed by atoms with E-state index in [4.69, 9.17) is 4.53 Å². The molecular formula is C6H4NOSi. The molecule has 1 aliphatic heterocycles. The van der Waals surface area contributed by atoms with Crippen molar-refractivity contribution in [3.63, 3.8) is 0 Å². The SMILES string of the molecule is c1ccc2c(c1)=NO[Si]=2. The van der Waals surface area contributed by atoms with Gasteiger partial charge in [-0.1, -0.05) is 23.4 Å². The van der Waals surface area contributed by atoms with Gasteiger partial charge in [0.25, 0.3) is 0 Å². The van der Waals surface area contributed by atoms with Crippen molar-refractivity contribution in [2.24, 2.45) is 5.16 Å². The molecule has 1 aliphatic rings. The van der Waals surface area contributed by atoms with Crippen LogP contribution in [0.2, 0.25) is 0 Å². The van der Waals surface area contributed by atoms with Crippen LogP contribution in [0.15, 0.2) is 29.4 Å². The predicted molar refractivity (Wildman–Crippen MR) is 33.3 cm³/mol. The molecule has 0 N–H and O–H groups in total. The molecule has 0 spiro atoms. The third kappa shape index (κ3) is 0.694. The van der Waals surface area contributed by atoms with Crippen molar-refractivity contribution in [1.82, 2.24) is 0 Å². The molecule has 0 bridgehead atoms. The average molecular weight is 134 g/mol. The number of hydrogen-bond donors (Lipinski definition) is 0. The van der Waals surface area contributed by atoms with Crippen molar-refractivity contribution >= 4 is 9.38 Å². The molecular weight excluding hydrogens is 130 g/mol. The van der Waals surface area contributed by atoms with Gasteiger partial charge in [-0.15, -0.1) is 0 Å². The zero-order valence-corrected chi connectivity index (χ0v) is 5.66. The number of rotatable bonds is 0. The quantitative estimate of drug-likeness (QED) is 0.462. The second-order valence-corrected chi connectivity index (χ2v) is 2.73. The molecule has 0 amide bonds. The Hall–Kier alpha value is -0.963. The topological polar surface area (TPSA) is 21.6 Å². The maximum Gasteiger partial charge on any atom is 0.341 e. The van der Waals surface area contributed by atoms with Crippen LogP contribution in [0.5, 0.6) is 0 Å². The van der Waals surface area contributed by atoms with Crippen molar-refractivity contribution in [1.29, 1.82) is 0 Å². The molecule has 0 aliphatic carbocycles. The van der Waals surface area contributed by atoms with E-state index in [-0.39, 0.29) is 0 Å². The molecule has 0 fully saturated rings. The lowest BCUT2D eigenvalue weighted by Crippen LogP contribution is -1.97. The van der Waals surface area contributed by atoms with E-state index in [1.54, 1.807) is 0 Å². The van der Waals surface area contributed by atoms with Crippen molar-refractivity contribution < 1.29 is 4.53 Å². The van der Waals surface area contributed by atoms with Gasteiger partial charge < -0.3 is 4.53 Å². The van der Waals surface area contributed by atoms with Gasteiger partial charge in [0, 0.05) is 4.81 Å². The summed E-state index contributed by atoms with van der Waals surface area (Å²) in [4.78, 5) is 1.21. The van der Waals surface area contributed by atoms with Gasteiger partial charge in [-0.2, -0.15) is 0 Å². The minimum atomic E-state index is 0.413. The van der Waals surface area contributed by atoms with Crippen molar-refractivity contribution in [2.45, 2.75) is 0 Å². The number of hydrogen-bond acceptors (Lipinski definition) is 2. The van der Waals surface area contributed by atoms with Gasteiger partial charge in [0.15, 0.2) is 0 Å². The highest BCUT2D eigenvalue weighted by molar-refractivity contribution is 6.18. The Morgan fingerprint density at radius 1 is 1.33 bits per heavy atom. The van der Waals surface area contributed by atoms with E-state index in [1.807, 2.05) is 24.3 Å². The summed E-state index contributed by atoms with van der Waals surface area (Å²) in [6.45, 7) is 0. The molecule has 1 aromatic rings. The van der Waals surface area contributed by atoms with Crippen molar-refractivity contribution in [2.75, 3.05) is 0 Å². The zero-order valence-electron chi connectivity index (χ0n) is 4.66. The Morgan fingerprint density at radius 3 is 3.11 bits per heavy atom. The van der Waals surface area contributed by atoms with Crippen LogP contribution in [0.4, 0.5) is 0 Å². The lowest BCUT2D eigenvalue weighted by Gasteiger charge is -1.75. The molecule has 43 valence electrons. The second-order valence-electron chi connectivity index (χ2n) is 1.80. The van der Waals surface area contributed by atoms with Gasteiger partial charge in [0.2, 0.25) is 0 Å². The average Bonchev–Trinajstić information content (AvgIpc) is 2.33. The largest absolute Gasteiger partial charge is 0.423 e. The second kappa shape index (κ2) is 1.77. The Balaban J connectivity index is 2.97. The smallest absolute Gasteiger partial charge is 0.341 e. The van der Waals surface area contributed by atoms with E-state index < -0.39 is 0 Å². The molecule has 0 atom stereocenters. The lowest BCUT2D eigenvalue weighted by atomic mass is 10.3. The van der Waals surface area contributed by atoms with Gasteiger partial charge in [0.1, 0.15) is 5.36 Å². The highest BCUT2D eigenvalue weighted by atomic mass is 28.2. The monoisotopic (exact) mass is 134 g/mol. The van der Waals surface area contributed by atoms with E-state index in [1.165, 1.54) is 4.81 Å². The maximum atomic E-state index is 4.87. The Labute approximate surface area is 54.3 Å². The third-order valence-corrected chi connectivity index (χ3v) is 2.03. The molecule has 2 rings (SSSR count). The summed E-state index contributed by atoms with van der Waals surface area (Å²) in [5, 5.41) is 4.79. The van der Waals surface area contributed by atoms with E-state index in [0.29, 0.717) is 9.38 Å². The van der Waals surface area contributed by atoms with Crippen LogP contribution in [0.3, 0.4) is 0 Å².